The zero-order chi connectivity index (χ0) is 19.6. The van der Waals surface area contributed by atoms with Crippen molar-refractivity contribution in [3.8, 4) is 0 Å². The van der Waals surface area contributed by atoms with Crippen LogP contribution in [-0.2, 0) is 15.8 Å². The van der Waals surface area contributed by atoms with Gasteiger partial charge in [0.25, 0.3) is 10.0 Å². The molecule has 2 heterocycles. The maximum Gasteiger partial charge on any atom is 0.295 e. The number of thioether (sulfide) groups is 1. The third kappa shape index (κ3) is 4.16. The largest absolute Gasteiger partial charge is 0.443 e. The molecule has 0 fully saturated rings. The van der Waals surface area contributed by atoms with Crippen LogP contribution in [0.1, 0.15) is 5.56 Å². The fraction of sp³-hybridized carbons (Fsp3) is 0.0500. The van der Waals surface area contributed by atoms with Crippen LogP contribution in [0, 0.1) is 0 Å². The molecule has 8 heteroatoms. The molecule has 0 amide bonds. The molecule has 2 aromatic heterocycles. The van der Waals surface area contributed by atoms with E-state index in [9.17, 15) is 8.42 Å². The fourth-order valence-corrected chi connectivity index (χ4v) is 4.85. The standard InChI is InChI=1S/C20H15ClN2O3S2/c21-16-5-6-19(27-13-14-7-9-22-10-8-14)17(12-16)23-28(24,25)20-11-15-3-1-2-4-18(15)26-20/h1-12,23H,13H2. The van der Waals surface area contributed by atoms with Crippen LogP contribution in [0.25, 0.3) is 11.0 Å². The average molecular weight is 431 g/mol. The molecule has 0 bridgehead atoms. The molecule has 0 aliphatic carbocycles. The van der Waals surface area contributed by atoms with Crippen LogP contribution in [0.2, 0.25) is 5.02 Å². The molecule has 2 aromatic carbocycles. The molecule has 0 saturated heterocycles. The molecule has 0 spiro atoms. The van der Waals surface area contributed by atoms with E-state index in [1.165, 1.54) is 17.8 Å². The predicted molar refractivity (Wildman–Crippen MR) is 112 cm³/mol. The van der Waals surface area contributed by atoms with E-state index in [0.29, 0.717) is 22.0 Å². The number of nitrogens with one attached hydrogen (secondary N) is 1. The smallest absolute Gasteiger partial charge is 0.295 e. The van der Waals surface area contributed by atoms with Crippen molar-refractivity contribution in [2.24, 2.45) is 0 Å². The van der Waals surface area contributed by atoms with Crippen molar-refractivity contribution < 1.29 is 12.8 Å². The SMILES string of the molecule is O=S(=O)(Nc1cc(Cl)ccc1SCc1ccncc1)c1cc2ccccc2o1. The summed E-state index contributed by atoms with van der Waals surface area (Å²) < 4.78 is 33.8. The highest BCUT2D eigenvalue weighted by Gasteiger charge is 2.21. The summed E-state index contributed by atoms with van der Waals surface area (Å²) in [5.41, 5.74) is 2.01. The molecule has 0 atom stereocenters. The Bertz CT molecular complexity index is 1190. The first-order valence-corrected chi connectivity index (χ1v) is 11.2. The maximum atomic E-state index is 12.8. The van der Waals surface area contributed by atoms with Gasteiger partial charge >= 0.3 is 0 Å². The number of benzene rings is 2. The number of sulfonamides is 1. The van der Waals surface area contributed by atoms with Crippen LogP contribution in [0.15, 0.2) is 87.5 Å². The van der Waals surface area contributed by atoms with Crippen LogP contribution in [0.3, 0.4) is 0 Å². The van der Waals surface area contributed by atoms with Crippen molar-refractivity contribution in [1.29, 1.82) is 0 Å². The second kappa shape index (κ2) is 7.87. The Morgan fingerprint density at radius 3 is 2.61 bits per heavy atom. The quantitative estimate of drug-likeness (QED) is 0.404. The van der Waals surface area contributed by atoms with Crippen LogP contribution in [-0.4, -0.2) is 13.4 Å². The van der Waals surface area contributed by atoms with Gasteiger partial charge in [-0.25, -0.2) is 0 Å². The molecule has 4 aromatic rings. The van der Waals surface area contributed by atoms with Gasteiger partial charge in [0, 0.05) is 39.5 Å². The van der Waals surface area contributed by atoms with Gasteiger partial charge in [0.05, 0.1) is 5.69 Å². The van der Waals surface area contributed by atoms with E-state index in [4.69, 9.17) is 16.0 Å². The summed E-state index contributed by atoms with van der Waals surface area (Å²) in [7, 11) is -3.90. The summed E-state index contributed by atoms with van der Waals surface area (Å²) in [6, 6.07) is 17.6. The summed E-state index contributed by atoms with van der Waals surface area (Å²) in [6.45, 7) is 0. The molecule has 5 nitrogen and oxygen atoms in total. The summed E-state index contributed by atoms with van der Waals surface area (Å²) in [5, 5.41) is 1.02. The molecule has 28 heavy (non-hydrogen) atoms. The molecule has 0 aliphatic heterocycles. The first-order chi connectivity index (χ1) is 13.5. The molecule has 0 saturated carbocycles. The topological polar surface area (TPSA) is 72.2 Å². The molecule has 4 rings (SSSR count). The summed E-state index contributed by atoms with van der Waals surface area (Å²) in [6.07, 6.45) is 3.45. The number of rotatable bonds is 6. The summed E-state index contributed by atoms with van der Waals surface area (Å²) >= 11 is 7.60. The highest BCUT2D eigenvalue weighted by molar-refractivity contribution is 7.98. The van der Waals surface area contributed by atoms with E-state index in [2.05, 4.69) is 9.71 Å². The Hall–Kier alpha value is -2.48. The number of hydrogen-bond donors (Lipinski definition) is 1. The molecule has 1 N–H and O–H groups in total. The zero-order valence-corrected chi connectivity index (χ0v) is 16.9. The number of anilines is 1. The number of furan rings is 1. The molecule has 0 radical (unpaired) electrons. The van der Waals surface area contributed by atoms with Crippen molar-refractivity contribution in [3.05, 3.63) is 83.6 Å². The summed E-state index contributed by atoms with van der Waals surface area (Å²) in [5.74, 6) is 0.670. The van der Waals surface area contributed by atoms with Gasteiger partial charge in [0.2, 0.25) is 5.09 Å². The van der Waals surface area contributed by atoms with Crippen molar-refractivity contribution in [2.45, 2.75) is 15.7 Å². The lowest BCUT2D eigenvalue weighted by atomic mass is 10.3. The van der Waals surface area contributed by atoms with Gasteiger partial charge in [0.1, 0.15) is 5.58 Å². The van der Waals surface area contributed by atoms with Gasteiger partial charge in [-0.1, -0.05) is 29.8 Å². The Morgan fingerprint density at radius 1 is 1.04 bits per heavy atom. The van der Waals surface area contributed by atoms with Gasteiger partial charge in [-0.2, -0.15) is 8.42 Å². The fourth-order valence-electron chi connectivity index (χ4n) is 2.63. The molecular formula is C20H15ClN2O3S2. The van der Waals surface area contributed by atoms with Crippen LogP contribution < -0.4 is 4.72 Å². The van der Waals surface area contributed by atoms with E-state index in [0.717, 1.165) is 15.8 Å². The van der Waals surface area contributed by atoms with Crippen LogP contribution in [0.5, 0.6) is 0 Å². The second-order valence-corrected chi connectivity index (χ2v) is 9.06. The Morgan fingerprint density at radius 2 is 1.82 bits per heavy atom. The number of para-hydroxylation sites is 1. The van der Waals surface area contributed by atoms with Gasteiger partial charge in [-0.05, 0) is 42.0 Å². The number of fused-ring (bicyclic) bond motifs is 1. The first kappa shape index (κ1) is 18.9. The number of halogens is 1. The Balaban J connectivity index is 1.61. The zero-order valence-electron chi connectivity index (χ0n) is 14.5. The van der Waals surface area contributed by atoms with E-state index < -0.39 is 10.0 Å². The van der Waals surface area contributed by atoms with Crippen molar-refractivity contribution in [2.75, 3.05) is 4.72 Å². The minimum Gasteiger partial charge on any atom is -0.443 e. The third-order valence-corrected chi connectivity index (χ3v) is 6.60. The van der Waals surface area contributed by atoms with Crippen molar-refractivity contribution in [1.82, 2.24) is 4.98 Å². The number of hydrogen-bond acceptors (Lipinski definition) is 5. The third-order valence-electron chi connectivity index (χ3n) is 4.00. The van der Waals surface area contributed by atoms with E-state index in [-0.39, 0.29) is 5.09 Å². The molecular weight excluding hydrogens is 416 g/mol. The lowest BCUT2D eigenvalue weighted by Crippen LogP contribution is -2.12. The Kier molecular flexibility index (Phi) is 5.30. The number of pyridine rings is 1. The molecule has 0 aliphatic rings. The van der Waals surface area contributed by atoms with Gasteiger partial charge in [-0.15, -0.1) is 11.8 Å². The van der Waals surface area contributed by atoms with E-state index >= 15 is 0 Å². The lowest BCUT2D eigenvalue weighted by Gasteiger charge is -2.12. The Labute approximate surface area is 171 Å². The van der Waals surface area contributed by atoms with Gasteiger partial charge in [0.15, 0.2) is 0 Å². The van der Waals surface area contributed by atoms with E-state index in [1.807, 2.05) is 18.2 Å². The van der Waals surface area contributed by atoms with Gasteiger partial charge in [-0.3, -0.25) is 9.71 Å². The normalized spacial score (nSPS) is 11.6. The lowest BCUT2D eigenvalue weighted by molar-refractivity contribution is 0.484. The van der Waals surface area contributed by atoms with E-state index in [1.54, 1.807) is 48.8 Å². The minimum atomic E-state index is -3.90. The number of nitrogens with zero attached hydrogens (tertiary/aromatic N) is 1. The van der Waals surface area contributed by atoms with Crippen molar-refractivity contribution >= 4 is 50.0 Å². The highest BCUT2D eigenvalue weighted by Crippen LogP contribution is 2.34. The van der Waals surface area contributed by atoms with Crippen molar-refractivity contribution in [3.63, 3.8) is 0 Å². The minimum absolute atomic E-state index is 0.140. The predicted octanol–water partition coefficient (Wildman–Crippen LogP) is 5.57. The molecule has 142 valence electrons. The summed E-state index contributed by atoms with van der Waals surface area (Å²) in [4.78, 5) is 4.77. The molecule has 0 unspecified atom stereocenters. The van der Waals surface area contributed by atoms with Crippen LogP contribution >= 0.6 is 23.4 Å². The monoisotopic (exact) mass is 430 g/mol. The van der Waals surface area contributed by atoms with Gasteiger partial charge < -0.3 is 4.42 Å². The van der Waals surface area contributed by atoms with Crippen LogP contribution in [0.4, 0.5) is 5.69 Å². The highest BCUT2D eigenvalue weighted by atomic mass is 35.5. The maximum absolute atomic E-state index is 12.8. The second-order valence-electron chi connectivity index (χ2n) is 5.99. The average Bonchev–Trinajstić information content (AvgIpc) is 3.13. The first-order valence-electron chi connectivity index (χ1n) is 8.34. The number of aromatic nitrogens is 1.